The van der Waals surface area contributed by atoms with Crippen LogP contribution < -0.4 is 15.4 Å². The second-order valence-electron chi connectivity index (χ2n) is 8.90. The standard InChI is InChI=1S/C25H33N3O5S/c1-17(2)26-25(30)23(27-24(29)20-7-9-21(33-4)10-8-20)19-13-15-28(16-14-19)34(31,32)22-11-5-18(3)6-12-22/h5-12,17,19,23H,13-16H2,1-4H3,(H,26,30)(H,27,29). The summed E-state index contributed by atoms with van der Waals surface area (Å²) >= 11 is 0. The molecule has 2 aromatic carbocycles. The maximum absolute atomic E-state index is 13.0. The van der Waals surface area contributed by atoms with Crippen LogP contribution in [0.15, 0.2) is 53.4 Å². The molecule has 0 radical (unpaired) electrons. The van der Waals surface area contributed by atoms with Crippen LogP contribution in [-0.4, -0.2) is 56.8 Å². The Bertz CT molecular complexity index is 1090. The zero-order chi connectivity index (χ0) is 24.9. The smallest absolute Gasteiger partial charge is 0.251 e. The highest BCUT2D eigenvalue weighted by molar-refractivity contribution is 7.89. The summed E-state index contributed by atoms with van der Waals surface area (Å²) in [5.41, 5.74) is 1.41. The van der Waals surface area contributed by atoms with Crippen LogP contribution in [0.3, 0.4) is 0 Å². The molecule has 8 nitrogen and oxygen atoms in total. The van der Waals surface area contributed by atoms with Crippen molar-refractivity contribution in [3.63, 3.8) is 0 Å². The number of sulfonamides is 1. The number of amides is 2. The number of methoxy groups -OCH3 is 1. The number of nitrogens with zero attached hydrogens (tertiary/aromatic N) is 1. The zero-order valence-electron chi connectivity index (χ0n) is 20.1. The summed E-state index contributed by atoms with van der Waals surface area (Å²) in [4.78, 5) is 26.1. The van der Waals surface area contributed by atoms with Gasteiger partial charge >= 0.3 is 0 Å². The van der Waals surface area contributed by atoms with Gasteiger partial charge in [0, 0.05) is 24.7 Å². The molecule has 0 aromatic heterocycles. The van der Waals surface area contributed by atoms with E-state index in [1.54, 1.807) is 55.6 Å². The average molecular weight is 488 g/mol. The molecule has 0 aliphatic carbocycles. The minimum Gasteiger partial charge on any atom is -0.497 e. The van der Waals surface area contributed by atoms with E-state index in [0.717, 1.165) is 5.56 Å². The molecule has 1 aliphatic rings. The molecular weight excluding hydrogens is 454 g/mol. The summed E-state index contributed by atoms with van der Waals surface area (Å²) in [6.45, 7) is 6.19. The Labute approximate surface area is 201 Å². The number of rotatable bonds is 8. The minimum atomic E-state index is -3.61. The molecule has 1 aliphatic heterocycles. The van der Waals surface area contributed by atoms with Crippen LogP contribution in [0.1, 0.15) is 42.6 Å². The molecule has 0 spiro atoms. The molecule has 9 heteroatoms. The molecule has 34 heavy (non-hydrogen) atoms. The lowest BCUT2D eigenvalue weighted by atomic mass is 9.89. The Kier molecular flexibility index (Phi) is 8.33. The SMILES string of the molecule is COc1ccc(C(=O)NC(C(=O)NC(C)C)C2CCN(S(=O)(=O)c3ccc(C)cc3)CC2)cc1. The molecule has 184 valence electrons. The number of hydrogen-bond donors (Lipinski definition) is 2. The fraction of sp³-hybridized carbons (Fsp3) is 0.440. The third kappa shape index (κ3) is 6.15. The molecule has 1 atom stereocenters. The van der Waals surface area contributed by atoms with Crippen molar-refractivity contribution in [2.45, 2.75) is 50.6 Å². The Morgan fingerprint density at radius 2 is 1.56 bits per heavy atom. The number of ether oxygens (including phenoxy) is 1. The molecule has 0 saturated carbocycles. The molecule has 1 unspecified atom stereocenters. The van der Waals surface area contributed by atoms with Gasteiger partial charge in [0.25, 0.3) is 5.91 Å². The van der Waals surface area contributed by atoms with E-state index in [1.807, 2.05) is 20.8 Å². The molecule has 1 heterocycles. The van der Waals surface area contributed by atoms with E-state index >= 15 is 0 Å². The van der Waals surface area contributed by atoms with Gasteiger partial charge in [-0.2, -0.15) is 4.31 Å². The number of carbonyl (C=O) groups excluding carboxylic acids is 2. The van der Waals surface area contributed by atoms with E-state index in [-0.39, 0.29) is 41.8 Å². The van der Waals surface area contributed by atoms with E-state index in [9.17, 15) is 18.0 Å². The van der Waals surface area contributed by atoms with Gasteiger partial charge in [0.1, 0.15) is 11.8 Å². The van der Waals surface area contributed by atoms with Gasteiger partial charge in [-0.3, -0.25) is 9.59 Å². The highest BCUT2D eigenvalue weighted by Gasteiger charge is 2.36. The van der Waals surface area contributed by atoms with Gasteiger partial charge in [-0.05, 0) is 75.9 Å². The maximum Gasteiger partial charge on any atom is 0.251 e. The number of carbonyl (C=O) groups is 2. The van der Waals surface area contributed by atoms with Crippen molar-refractivity contribution < 1.29 is 22.7 Å². The Morgan fingerprint density at radius 3 is 2.09 bits per heavy atom. The second-order valence-corrected chi connectivity index (χ2v) is 10.8. The predicted molar refractivity (Wildman–Crippen MR) is 130 cm³/mol. The van der Waals surface area contributed by atoms with Gasteiger partial charge in [0.2, 0.25) is 15.9 Å². The Hall–Kier alpha value is -2.91. The van der Waals surface area contributed by atoms with Crippen LogP contribution in [0.2, 0.25) is 0 Å². The predicted octanol–water partition coefficient (Wildman–Crippen LogP) is 2.73. The van der Waals surface area contributed by atoms with Crippen LogP contribution >= 0.6 is 0 Å². The maximum atomic E-state index is 13.0. The third-order valence-corrected chi connectivity index (χ3v) is 7.89. The summed E-state index contributed by atoms with van der Waals surface area (Å²) in [5.74, 6) is -0.184. The first kappa shape index (κ1) is 25.7. The van der Waals surface area contributed by atoms with Crippen molar-refractivity contribution in [2.75, 3.05) is 20.2 Å². The van der Waals surface area contributed by atoms with Crippen LogP contribution in [0.4, 0.5) is 0 Å². The molecular formula is C25H33N3O5S. The fourth-order valence-corrected chi connectivity index (χ4v) is 5.52. The first-order chi connectivity index (χ1) is 16.1. The normalized spacial score (nSPS) is 16.1. The largest absolute Gasteiger partial charge is 0.497 e. The number of hydrogen-bond acceptors (Lipinski definition) is 5. The summed E-state index contributed by atoms with van der Waals surface area (Å²) in [5, 5.41) is 5.76. The molecule has 2 aromatic rings. The Balaban J connectivity index is 1.72. The zero-order valence-corrected chi connectivity index (χ0v) is 20.9. The van der Waals surface area contributed by atoms with Crippen molar-refractivity contribution >= 4 is 21.8 Å². The number of benzene rings is 2. The van der Waals surface area contributed by atoms with Crippen molar-refractivity contribution in [2.24, 2.45) is 5.92 Å². The highest BCUT2D eigenvalue weighted by Crippen LogP contribution is 2.26. The first-order valence-corrected chi connectivity index (χ1v) is 12.9. The average Bonchev–Trinajstić information content (AvgIpc) is 2.82. The van der Waals surface area contributed by atoms with Gasteiger partial charge in [0.05, 0.1) is 12.0 Å². The first-order valence-electron chi connectivity index (χ1n) is 11.4. The van der Waals surface area contributed by atoms with Gasteiger partial charge in [-0.1, -0.05) is 17.7 Å². The summed E-state index contributed by atoms with van der Waals surface area (Å²) in [6.07, 6.45) is 0.925. The highest BCUT2D eigenvalue weighted by atomic mass is 32.2. The lowest BCUT2D eigenvalue weighted by Crippen LogP contribution is -2.54. The van der Waals surface area contributed by atoms with Gasteiger partial charge in [-0.15, -0.1) is 0 Å². The quantitative estimate of drug-likeness (QED) is 0.596. The summed E-state index contributed by atoms with van der Waals surface area (Å²) in [7, 11) is -2.06. The fourth-order valence-electron chi connectivity index (χ4n) is 4.05. The monoisotopic (exact) mass is 487 g/mol. The molecule has 2 amide bonds. The van der Waals surface area contributed by atoms with Crippen molar-refractivity contribution in [3.8, 4) is 5.75 Å². The summed E-state index contributed by atoms with van der Waals surface area (Å²) < 4.78 is 32.7. The van der Waals surface area contributed by atoms with Crippen molar-refractivity contribution in [3.05, 3.63) is 59.7 Å². The van der Waals surface area contributed by atoms with Crippen molar-refractivity contribution in [1.29, 1.82) is 0 Å². The molecule has 3 rings (SSSR count). The van der Waals surface area contributed by atoms with E-state index in [2.05, 4.69) is 10.6 Å². The van der Waals surface area contributed by atoms with Gasteiger partial charge < -0.3 is 15.4 Å². The second kappa shape index (κ2) is 11.0. The van der Waals surface area contributed by atoms with Crippen LogP contribution in [0.25, 0.3) is 0 Å². The number of nitrogens with one attached hydrogen (secondary N) is 2. The number of aryl methyl sites for hydroxylation is 1. The van der Waals surface area contributed by atoms with Crippen LogP contribution in [0, 0.1) is 12.8 Å². The van der Waals surface area contributed by atoms with E-state index in [1.165, 1.54) is 4.31 Å². The molecule has 1 saturated heterocycles. The molecule has 0 bridgehead atoms. The van der Waals surface area contributed by atoms with Crippen LogP contribution in [-0.2, 0) is 14.8 Å². The lowest BCUT2D eigenvalue weighted by molar-refractivity contribution is -0.125. The van der Waals surface area contributed by atoms with Crippen molar-refractivity contribution in [1.82, 2.24) is 14.9 Å². The summed E-state index contributed by atoms with van der Waals surface area (Å²) in [6, 6.07) is 12.6. The van der Waals surface area contributed by atoms with Gasteiger partial charge in [-0.25, -0.2) is 8.42 Å². The number of piperidine rings is 1. The third-order valence-electron chi connectivity index (χ3n) is 5.98. The minimum absolute atomic E-state index is 0.0881. The molecule has 2 N–H and O–H groups in total. The van der Waals surface area contributed by atoms with Gasteiger partial charge in [0.15, 0.2) is 0 Å². The topological polar surface area (TPSA) is 105 Å². The lowest BCUT2D eigenvalue weighted by Gasteiger charge is -2.35. The van der Waals surface area contributed by atoms with Crippen LogP contribution in [0.5, 0.6) is 5.75 Å². The van der Waals surface area contributed by atoms with E-state index < -0.39 is 16.1 Å². The Morgan fingerprint density at radius 1 is 0.971 bits per heavy atom. The molecule has 1 fully saturated rings. The van der Waals surface area contributed by atoms with E-state index in [4.69, 9.17) is 4.74 Å². The van der Waals surface area contributed by atoms with E-state index in [0.29, 0.717) is 24.2 Å².